The fourth-order valence-corrected chi connectivity index (χ4v) is 2.65. The summed E-state index contributed by atoms with van der Waals surface area (Å²) in [7, 11) is 0. The number of benzene rings is 1. The predicted molar refractivity (Wildman–Crippen MR) is 102 cm³/mol. The number of esters is 2. The van der Waals surface area contributed by atoms with Crippen molar-refractivity contribution in [2.45, 2.75) is 58.8 Å². The van der Waals surface area contributed by atoms with E-state index >= 15 is 0 Å². The lowest BCUT2D eigenvalue weighted by Crippen LogP contribution is -2.17. The molecule has 0 heterocycles. The largest absolute Gasteiger partial charge is 0.386 e. The topological polar surface area (TPSA) is 43.4 Å². The molecule has 0 aliphatic rings. The molecule has 0 saturated heterocycles. The van der Waals surface area contributed by atoms with Crippen molar-refractivity contribution in [2.75, 3.05) is 0 Å². The zero-order valence-corrected chi connectivity index (χ0v) is 15.6. The Kier molecular flexibility index (Phi) is 9.53. The van der Waals surface area contributed by atoms with Crippen LogP contribution in [0.2, 0.25) is 0 Å². The van der Waals surface area contributed by atoms with Crippen molar-refractivity contribution in [2.24, 2.45) is 5.92 Å². The molecule has 0 N–H and O–H groups in total. The van der Waals surface area contributed by atoms with Crippen molar-refractivity contribution < 1.29 is 14.3 Å². The summed E-state index contributed by atoms with van der Waals surface area (Å²) in [5.74, 6) is -0.860. The fourth-order valence-electron chi connectivity index (χ4n) is 2.65. The lowest BCUT2D eigenvalue weighted by Gasteiger charge is -2.15. The summed E-state index contributed by atoms with van der Waals surface area (Å²) in [5, 5.41) is 0. The highest BCUT2D eigenvalue weighted by molar-refractivity contribution is 6.01. The molecule has 0 aromatic heterocycles. The number of hydrogen-bond acceptors (Lipinski definition) is 3. The number of unbranched alkanes of at least 4 members (excludes halogenated alkanes) is 1. The van der Waals surface area contributed by atoms with Crippen molar-refractivity contribution in [3.05, 3.63) is 60.2 Å². The fraction of sp³-hybridized carbons (Fsp3) is 0.455. The lowest BCUT2D eigenvalue weighted by molar-refractivity contribution is -0.154. The molecule has 1 atom stereocenters. The van der Waals surface area contributed by atoms with E-state index in [0.717, 1.165) is 31.2 Å². The number of carbonyl (C=O) groups is 2. The van der Waals surface area contributed by atoms with E-state index in [4.69, 9.17) is 4.74 Å². The maximum Gasteiger partial charge on any atom is 0.341 e. The van der Waals surface area contributed by atoms with Gasteiger partial charge in [0.1, 0.15) is 0 Å². The van der Waals surface area contributed by atoms with Crippen LogP contribution in [0.15, 0.2) is 54.6 Å². The van der Waals surface area contributed by atoms with E-state index in [-0.39, 0.29) is 0 Å². The van der Waals surface area contributed by atoms with E-state index in [9.17, 15) is 9.59 Å². The molecule has 136 valence electrons. The van der Waals surface area contributed by atoms with Crippen LogP contribution in [0.3, 0.4) is 0 Å². The van der Waals surface area contributed by atoms with Crippen molar-refractivity contribution >= 4 is 11.9 Å². The van der Waals surface area contributed by atoms with Crippen LogP contribution < -0.4 is 0 Å². The second-order valence-electron chi connectivity index (χ2n) is 6.49. The Hall–Kier alpha value is -2.16. The van der Waals surface area contributed by atoms with Crippen LogP contribution in [-0.4, -0.2) is 11.9 Å². The van der Waals surface area contributed by atoms with E-state index in [2.05, 4.69) is 27.0 Å². The van der Waals surface area contributed by atoms with Gasteiger partial charge in [0.2, 0.25) is 0 Å². The summed E-state index contributed by atoms with van der Waals surface area (Å²) in [4.78, 5) is 24.1. The molecule has 1 rings (SSSR count). The molecule has 0 bridgehead atoms. The molecule has 0 aliphatic heterocycles. The summed E-state index contributed by atoms with van der Waals surface area (Å²) in [6, 6.07) is 9.83. The quantitative estimate of drug-likeness (QED) is 0.307. The molecular formula is C22H30O3. The highest BCUT2D eigenvalue weighted by Crippen LogP contribution is 2.21. The molecule has 0 amide bonds. The standard InChI is InChI=1S/C22H30O3/c1-5-7-11-19(6-2)16-18(4)22(24)25-21(23)17(3)14-15-20-12-9-8-10-13-20/h8-10,12-13,19H,3-7,11,14-16H2,1-2H3. The maximum absolute atomic E-state index is 12.1. The number of rotatable bonds is 11. The molecule has 0 fully saturated rings. The van der Waals surface area contributed by atoms with Crippen LogP contribution in [-0.2, 0) is 20.7 Å². The van der Waals surface area contributed by atoms with Gasteiger partial charge in [-0.3, -0.25) is 0 Å². The Bertz CT molecular complexity index is 587. The SMILES string of the molecule is C=C(CCc1ccccc1)C(=O)OC(=O)C(=C)CC(CC)CCCC. The Morgan fingerprint density at radius 2 is 1.68 bits per heavy atom. The van der Waals surface area contributed by atoms with Crippen molar-refractivity contribution in [3.8, 4) is 0 Å². The lowest BCUT2D eigenvalue weighted by atomic mass is 9.92. The average Bonchev–Trinajstić information content (AvgIpc) is 2.63. The van der Waals surface area contributed by atoms with Crippen LogP contribution in [0.1, 0.15) is 57.9 Å². The molecule has 0 aliphatic carbocycles. The van der Waals surface area contributed by atoms with Gasteiger partial charge in [0, 0.05) is 11.1 Å². The molecule has 0 spiro atoms. The first kappa shape index (κ1) is 20.9. The first-order chi connectivity index (χ1) is 12.0. The summed E-state index contributed by atoms with van der Waals surface area (Å²) >= 11 is 0. The Labute approximate surface area is 151 Å². The van der Waals surface area contributed by atoms with Gasteiger partial charge in [0.05, 0.1) is 0 Å². The smallest absolute Gasteiger partial charge is 0.341 e. The second-order valence-corrected chi connectivity index (χ2v) is 6.49. The van der Waals surface area contributed by atoms with E-state index in [0.29, 0.717) is 36.3 Å². The molecule has 1 unspecified atom stereocenters. The molecule has 3 heteroatoms. The Balaban J connectivity index is 2.42. The minimum absolute atomic E-state index is 0.308. The van der Waals surface area contributed by atoms with Gasteiger partial charge in [0.15, 0.2) is 0 Å². The second kappa shape index (κ2) is 11.4. The van der Waals surface area contributed by atoms with E-state index in [1.807, 2.05) is 30.3 Å². The van der Waals surface area contributed by atoms with Gasteiger partial charge in [-0.15, -0.1) is 0 Å². The summed E-state index contributed by atoms with van der Waals surface area (Å²) in [6.45, 7) is 11.8. The number of aryl methyl sites for hydroxylation is 1. The predicted octanol–water partition coefficient (Wildman–Crippen LogP) is 5.41. The third-order valence-electron chi connectivity index (χ3n) is 4.40. The normalized spacial score (nSPS) is 11.6. The van der Waals surface area contributed by atoms with Gasteiger partial charge in [-0.1, -0.05) is 83.0 Å². The number of ether oxygens (including phenoxy) is 1. The van der Waals surface area contributed by atoms with Gasteiger partial charge in [-0.05, 0) is 30.7 Å². The van der Waals surface area contributed by atoms with Crippen molar-refractivity contribution in [1.82, 2.24) is 0 Å². The summed E-state index contributed by atoms with van der Waals surface area (Å²) in [5.41, 5.74) is 1.80. The van der Waals surface area contributed by atoms with Gasteiger partial charge < -0.3 is 4.74 Å². The highest BCUT2D eigenvalue weighted by Gasteiger charge is 2.19. The van der Waals surface area contributed by atoms with Crippen LogP contribution >= 0.6 is 0 Å². The summed E-state index contributed by atoms with van der Waals surface area (Å²) < 4.78 is 4.94. The molecule has 1 aromatic rings. The highest BCUT2D eigenvalue weighted by atomic mass is 16.6. The van der Waals surface area contributed by atoms with Gasteiger partial charge >= 0.3 is 11.9 Å². The van der Waals surface area contributed by atoms with E-state index in [1.54, 1.807) is 0 Å². The molecule has 0 saturated carbocycles. The monoisotopic (exact) mass is 342 g/mol. The van der Waals surface area contributed by atoms with Crippen molar-refractivity contribution in [1.29, 1.82) is 0 Å². The van der Waals surface area contributed by atoms with Gasteiger partial charge in [-0.25, -0.2) is 9.59 Å². The first-order valence-electron chi connectivity index (χ1n) is 9.13. The molecule has 1 aromatic carbocycles. The van der Waals surface area contributed by atoms with Crippen molar-refractivity contribution in [3.63, 3.8) is 0 Å². The van der Waals surface area contributed by atoms with Crippen LogP contribution in [0.25, 0.3) is 0 Å². The zero-order chi connectivity index (χ0) is 18.7. The van der Waals surface area contributed by atoms with Crippen LogP contribution in [0.5, 0.6) is 0 Å². The molecule has 25 heavy (non-hydrogen) atoms. The summed E-state index contributed by atoms with van der Waals surface area (Å²) in [6.07, 6.45) is 6.07. The third kappa shape index (κ3) is 7.97. The molecular weight excluding hydrogens is 312 g/mol. The van der Waals surface area contributed by atoms with Gasteiger partial charge in [-0.2, -0.15) is 0 Å². The number of hydrogen-bond donors (Lipinski definition) is 0. The molecule has 0 radical (unpaired) electrons. The zero-order valence-electron chi connectivity index (χ0n) is 15.6. The van der Waals surface area contributed by atoms with Crippen LogP contribution in [0, 0.1) is 5.92 Å². The maximum atomic E-state index is 12.1. The van der Waals surface area contributed by atoms with Crippen LogP contribution in [0.4, 0.5) is 0 Å². The Morgan fingerprint density at radius 1 is 1.04 bits per heavy atom. The van der Waals surface area contributed by atoms with Gasteiger partial charge in [0.25, 0.3) is 0 Å². The van der Waals surface area contributed by atoms with E-state index < -0.39 is 11.9 Å². The minimum Gasteiger partial charge on any atom is -0.386 e. The Morgan fingerprint density at radius 3 is 2.28 bits per heavy atom. The third-order valence-corrected chi connectivity index (χ3v) is 4.40. The van der Waals surface area contributed by atoms with E-state index in [1.165, 1.54) is 0 Å². The first-order valence-corrected chi connectivity index (χ1v) is 9.13. The molecule has 3 nitrogen and oxygen atoms in total. The number of carbonyl (C=O) groups excluding carboxylic acids is 2. The minimum atomic E-state index is -0.649. The average molecular weight is 342 g/mol.